The lowest BCUT2D eigenvalue weighted by Crippen LogP contribution is -2.54. The van der Waals surface area contributed by atoms with Gasteiger partial charge in [-0.3, -0.25) is 4.90 Å². The van der Waals surface area contributed by atoms with Crippen LogP contribution in [0, 0.1) is 5.92 Å². The molecule has 0 aliphatic carbocycles. The summed E-state index contributed by atoms with van der Waals surface area (Å²) < 4.78 is 34.8. The molecule has 8 heteroatoms. The smallest absolute Gasteiger partial charge is 0.231 e. The van der Waals surface area contributed by atoms with Crippen molar-refractivity contribution in [1.29, 1.82) is 0 Å². The highest BCUT2D eigenvalue weighted by atomic mass is 16.7. The molecule has 3 aliphatic heterocycles. The van der Waals surface area contributed by atoms with Gasteiger partial charge < -0.3 is 33.7 Å². The van der Waals surface area contributed by atoms with Gasteiger partial charge in [0.1, 0.15) is 5.75 Å². The molecule has 172 valence electrons. The third-order valence-electron chi connectivity index (χ3n) is 6.62. The van der Waals surface area contributed by atoms with Gasteiger partial charge >= 0.3 is 0 Å². The first kappa shape index (κ1) is 21.0. The van der Waals surface area contributed by atoms with E-state index in [4.69, 9.17) is 28.4 Å². The molecule has 0 aromatic heterocycles. The maximum Gasteiger partial charge on any atom is 0.231 e. The second kappa shape index (κ2) is 8.60. The van der Waals surface area contributed by atoms with Gasteiger partial charge in [-0.15, -0.1) is 0 Å². The summed E-state index contributed by atoms with van der Waals surface area (Å²) in [6, 6.07) is 8.09. The highest BCUT2D eigenvalue weighted by molar-refractivity contribution is 5.60. The van der Waals surface area contributed by atoms with Crippen LogP contribution in [0.1, 0.15) is 24.0 Å². The Bertz CT molecular complexity index is 966. The zero-order valence-corrected chi connectivity index (χ0v) is 19.0. The Morgan fingerprint density at radius 3 is 2.16 bits per heavy atom. The molecule has 2 aromatic rings. The number of nitrogens with one attached hydrogen (secondary N) is 1. The lowest BCUT2D eigenvalue weighted by Gasteiger charge is -2.44. The summed E-state index contributed by atoms with van der Waals surface area (Å²) in [6.07, 6.45) is -0.0611. The van der Waals surface area contributed by atoms with Crippen molar-refractivity contribution in [2.24, 2.45) is 5.92 Å². The molecule has 0 spiro atoms. The van der Waals surface area contributed by atoms with Crippen molar-refractivity contribution < 1.29 is 28.4 Å². The van der Waals surface area contributed by atoms with Crippen LogP contribution in [0.15, 0.2) is 24.3 Å². The monoisotopic (exact) mass is 442 g/mol. The lowest BCUT2D eigenvalue weighted by atomic mass is 9.77. The summed E-state index contributed by atoms with van der Waals surface area (Å²) in [5.41, 5.74) is 2.15. The van der Waals surface area contributed by atoms with Crippen LogP contribution in [0.5, 0.6) is 34.5 Å². The van der Waals surface area contributed by atoms with Gasteiger partial charge in [0.25, 0.3) is 0 Å². The average molecular weight is 443 g/mol. The largest absolute Gasteiger partial charge is 0.493 e. The molecule has 0 radical (unpaired) electrons. The van der Waals surface area contributed by atoms with E-state index in [1.165, 1.54) is 0 Å². The standard InChI is InChI=1S/C24H30N2O6/c1-14-22(15-9-20(27-2)23(29-4)21(10-15)28-3)16-11-18-19(31-13-30-18)12-17(16)32-24(14)26-7-5-25-6-8-26/h9-12,14,22,24-25H,5-8,13H2,1-4H3/t14-,22+,24+/m1/s1. The first-order valence-corrected chi connectivity index (χ1v) is 11.0. The van der Waals surface area contributed by atoms with E-state index in [-0.39, 0.29) is 24.9 Å². The highest BCUT2D eigenvalue weighted by Crippen LogP contribution is 2.51. The van der Waals surface area contributed by atoms with Crippen LogP contribution in [0.4, 0.5) is 0 Å². The first-order chi connectivity index (χ1) is 15.6. The Balaban J connectivity index is 1.64. The zero-order chi connectivity index (χ0) is 22.2. The van der Waals surface area contributed by atoms with E-state index in [0.717, 1.165) is 54.6 Å². The van der Waals surface area contributed by atoms with Crippen molar-refractivity contribution in [2.75, 3.05) is 54.3 Å². The highest BCUT2D eigenvalue weighted by Gasteiger charge is 2.41. The van der Waals surface area contributed by atoms with Crippen molar-refractivity contribution in [1.82, 2.24) is 10.2 Å². The van der Waals surface area contributed by atoms with Gasteiger partial charge in [0.2, 0.25) is 12.5 Å². The number of methoxy groups -OCH3 is 3. The maximum atomic E-state index is 6.59. The molecule has 1 saturated heterocycles. The van der Waals surface area contributed by atoms with Crippen molar-refractivity contribution in [2.45, 2.75) is 19.1 Å². The second-order valence-corrected chi connectivity index (χ2v) is 8.33. The number of nitrogens with zero attached hydrogens (tertiary/aromatic N) is 1. The summed E-state index contributed by atoms with van der Waals surface area (Å²) >= 11 is 0. The molecule has 0 bridgehead atoms. The van der Waals surface area contributed by atoms with E-state index in [0.29, 0.717) is 17.2 Å². The number of hydrogen-bond donors (Lipinski definition) is 1. The number of ether oxygens (including phenoxy) is 6. The summed E-state index contributed by atoms with van der Waals surface area (Å²) in [5, 5.41) is 3.43. The van der Waals surface area contributed by atoms with E-state index in [1.807, 2.05) is 18.2 Å². The SMILES string of the molecule is COc1cc([C@H]2c3cc4c(cc3O[C@H](N3CCNCC3)[C@@H]2C)OCO4)cc(OC)c1OC. The topological polar surface area (TPSA) is 70.7 Å². The number of rotatable bonds is 5. The minimum Gasteiger partial charge on any atom is -0.493 e. The third-order valence-corrected chi connectivity index (χ3v) is 6.62. The molecule has 8 nitrogen and oxygen atoms in total. The molecule has 3 atom stereocenters. The quantitative estimate of drug-likeness (QED) is 0.758. The minimum atomic E-state index is -0.0611. The fourth-order valence-corrected chi connectivity index (χ4v) is 5.08. The van der Waals surface area contributed by atoms with Crippen molar-refractivity contribution >= 4 is 0 Å². The third kappa shape index (κ3) is 3.47. The number of fused-ring (bicyclic) bond motifs is 2. The molecule has 1 N–H and O–H groups in total. The fourth-order valence-electron chi connectivity index (χ4n) is 5.08. The predicted molar refractivity (Wildman–Crippen MR) is 119 cm³/mol. The molecule has 2 aromatic carbocycles. The summed E-state index contributed by atoms with van der Waals surface area (Å²) in [7, 11) is 4.90. The molecule has 0 saturated carbocycles. The van der Waals surface area contributed by atoms with Crippen molar-refractivity contribution in [3.8, 4) is 34.5 Å². The first-order valence-electron chi connectivity index (χ1n) is 11.0. The normalized spacial score (nSPS) is 24.4. The number of piperazine rings is 1. The zero-order valence-electron chi connectivity index (χ0n) is 19.0. The summed E-state index contributed by atoms with van der Waals surface area (Å²) in [5.74, 6) is 4.38. The van der Waals surface area contributed by atoms with Gasteiger partial charge in [-0.2, -0.15) is 0 Å². The Morgan fingerprint density at radius 2 is 1.53 bits per heavy atom. The Morgan fingerprint density at radius 1 is 0.875 bits per heavy atom. The van der Waals surface area contributed by atoms with E-state index in [1.54, 1.807) is 21.3 Å². The Hall–Kier alpha value is -2.84. The van der Waals surface area contributed by atoms with E-state index < -0.39 is 0 Å². The van der Waals surface area contributed by atoms with E-state index in [2.05, 4.69) is 23.2 Å². The predicted octanol–water partition coefficient (Wildman–Crippen LogP) is 2.83. The average Bonchev–Trinajstić information content (AvgIpc) is 3.29. The lowest BCUT2D eigenvalue weighted by molar-refractivity contribution is -0.0368. The van der Waals surface area contributed by atoms with Gasteiger partial charge in [-0.05, 0) is 23.8 Å². The van der Waals surface area contributed by atoms with Gasteiger partial charge in [-0.1, -0.05) is 6.92 Å². The number of hydrogen-bond acceptors (Lipinski definition) is 8. The maximum absolute atomic E-state index is 6.59. The molecule has 0 unspecified atom stereocenters. The second-order valence-electron chi connectivity index (χ2n) is 8.33. The van der Waals surface area contributed by atoms with Gasteiger partial charge in [0, 0.05) is 49.6 Å². The van der Waals surface area contributed by atoms with Crippen LogP contribution in [-0.2, 0) is 0 Å². The van der Waals surface area contributed by atoms with Crippen LogP contribution < -0.4 is 33.7 Å². The molecule has 3 aliphatic rings. The number of benzene rings is 2. The van der Waals surface area contributed by atoms with Crippen LogP contribution in [0.25, 0.3) is 0 Å². The summed E-state index contributed by atoms with van der Waals surface area (Å²) in [6.45, 7) is 6.26. The molecular weight excluding hydrogens is 412 g/mol. The molecule has 0 amide bonds. The summed E-state index contributed by atoms with van der Waals surface area (Å²) in [4.78, 5) is 2.42. The van der Waals surface area contributed by atoms with Gasteiger partial charge in [0.15, 0.2) is 29.2 Å². The van der Waals surface area contributed by atoms with Crippen LogP contribution in [0.2, 0.25) is 0 Å². The van der Waals surface area contributed by atoms with E-state index >= 15 is 0 Å². The van der Waals surface area contributed by atoms with Crippen molar-refractivity contribution in [3.05, 3.63) is 35.4 Å². The van der Waals surface area contributed by atoms with E-state index in [9.17, 15) is 0 Å². The van der Waals surface area contributed by atoms with Crippen LogP contribution in [-0.4, -0.2) is 65.4 Å². The van der Waals surface area contributed by atoms with Gasteiger partial charge in [-0.25, -0.2) is 0 Å². The molecule has 1 fully saturated rings. The Labute approximate surface area is 188 Å². The van der Waals surface area contributed by atoms with Crippen LogP contribution in [0.3, 0.4) is 0 Å². The fraction of sp³-hybridized carbons (Fsp3) is 0.500. The molecule has 3 heterocycles. The van der Waals surface area contributed by atoms with Crippen molar-refractivity contribution in [3.63, 3.8) is 0 Å². The van der Waals surface area contributed by atoms with Crippen LogP contribution >= 0.6 is 0 Å². The minimum absolute atomic E-state index is 0.0434. The molecular formula is C24H30N2O6. The Kier molecular flexibility index (Phi) is 5.65. The van der Waals surface area contributed by atoms with Gasteiger partial charge in [0.05, 0.1) is 21.3 Å². The molecule has 32 heavy (non-hydrogen) atoms. The molecule has 5 rings (SSSR count).